The van der Waals surface area contributed by atoms with Crippen LogP contribution in [0, 0.1) is 0 Å². The number of piperidine rings is 1. The molecule has 1 aromatic rings. The molecule has 1 heterocycles. The molecule has 1 aromatic carbocycles. The quantitative estimate of drug-likeness (QED) is 0.412. The number of likely N-dealkylation sites (tertiary alicyclic amines) is 1. The Labute approximate surface area is 162 Å². The summed E-state index contributed by atoms with van der Waals surface area (Å²) in [7, 11) is 1.59. The topological polar surface area (TPSA) is 75.2 Å². The van der Waals surface area contributed by atoms with Gasteiger partial charge in [-0.15, -0.1) is 0 Å². The first-order chi connectivity index (χ1) is 13.2. The third-order valence-electron chi connectivity index (χ3n) is 4.47. The number of guanidine groups is 1. The Morgan fingerprint density at radius 3 is 2.70 bits per heavy atom. The summed E-state index contributed by atoms with van der Waals surface area (Å²) >= 11 is 0. The lowest BCUT2D eigenvalue weighted by atomic mass is 10.1. The Hall–Kier alpha value is -2.28. The Bertz CT molecular complexity index is 613. The van der Waals surface area contributed by atoms with Crippen molar-refractivity contribution in [3.8, 4) is 5.75 Å². The van der Waals surface area contributed by atoms with E-state index in [-0.39, 0.29) is 5.91 Å². The summed E-state index contributed by atoms with van der Waals surface area (Å²) in [6.45, 7) is 8.58. The Kier molecular flexibility index (Phi) is 8.91. The van der Waals surface area contributed by atoms with Crippen molar-refractivity contribution in [1.29, 1.82) is 0 Å². The first-order valence-corrected chi connectivity index (χ1v) is 9.75. The number of nitrogens with zero attached hydrogens (tertiary/aromatic N) is 2. The molecule has 0 spiro atoms. The van der Waals surface area contributed by atoms with Crippen LogP contribution in [0.25, 0.3) is 0 Å². The van der Waals surface area contributed by atoms with Gasteiger partial charge in [-0.3, -0.25) is 9.79 Å². The van der Waals surface area contributed by atoms with E-state index in [9.17, 15) is 4.79 Å². The van der Waals surface area contributed by atoms with E-state index in [1.807, 2.05) is 13.0 Å². The minimum absolute atomic E-state index is 0.119. The Morgan fingerprint density at radius 2 is 2.04 bits per heavy atom. The molecule has 2 rings (SSSR count). The molecule has 150 valence electrons. The number of aliphatic imine (C=N–C) groups is 1. The van der Waals surface area contributed by atoms with E-state index in [0.717, 1.165) is 45.0 Å². The molecule has 1 saturated heterocycles. The van der Waals surface area contributed by atoms with Crippen molar-refractivity contribution in [2.24, 2.45) is 4.99 Å². The summed E-state index contributed by atoms with van der Waals surface area (Å²) in [4.78, 5) is 19.2. The lowest BCUT2D eigenvalue weighted by molar-refractivity contribution is 0.0264. The molecule has 0 radical (unpaired) electrons. The highest BCUT2D eigenvalue weighted by atomic mass is 16.5. The van der Waals surface area contributed by atoms with E-state index < -0.39 is 0 Å². The fourth-order valence-electron chi connectivity index (χ4n) is 3.09. The molecule has 1 fully saturated rings. The molecule has 1 aliphatic rings. The van der Waals surface area contributed by atoms with Gasteiger partial charge in [0.2, 0.25) is 0 Å². The number of methoxy groups -OCH3 is 1. The average Bonchev–Trinajstić information content (AvgIpc) is 2.71. The molecule has 0 unspecified atom stereocenters. The number of carbonyl (C=O) groups excluding carboxylic acids is 1. The van der Waals surface area contributed by atoms with Gasteiger partial charge in [0.1, 0.15) is 5.75 Å². The van der Waals surface area contributed by atoms with Gasteiger partial charge in [-0.2, -0.15) is 0 Å². The molecule has 7 nitrogen and oxygen atoms in total. The van der Waals surface area contributed by atoms with Gasteiger partial charge < -0.3 is 25.0 Å². The molecule has 1 aliphatic heterocycles. The first kappa shape index (κ1) is 21.0. The van der Waals surface area contributed by atoms with Crippen LogP contribution < -0.4 is 15.4 Å². The molecule has 0 saturated carbocycles. The molecule has 27 heavy (non-hydrogen) atoms. The molecule has 0 atom stereocenters. The maximum atomic E-state index is 12.2. The Balaban J connectivity index is 1.81. The molecule has 0 bridgehead atoms. The predicted octanol–water partition coefficient (Wildman–Crippen LogP) is 1.89. The van der Waals surface area contributed by atoms with Crippen LogP contribution in [0.3, 0.4) is 0 Å². The lowest BCUT2D eigenvalue weighted by Crippen LogP contribution is -2.47. The van der Waals surface area contributed by atoms with Gasteiger partial charge in [-0.25, -0.2) is 0 Å². The monoisotopic (exact) mass is 376 g/mol. The second-order valence-corrected chi connectivity index (χ2v) is 6.37. The van der Waals surface area contributed by atoms with Crippen molar-refractivity contribution in [2.75, 3.05) is 46.4 Å². The highest BCUT2D eigenvalue weighted by Crippen LogP contribution is 2.14. The smallest absolute Gasteiger partial charge is 0.251 e. The molecule has 0 aliphatic carbocycles. The van der Waals surface area contributed by atoms with Gasteiger partial charge in [0.25, 0.3) is 5.91 Å². The number of benzene rings is 1. The summed E-state index contributed by atoms with van der Waals surface area (Å²) in [6, 6.07) is 7.12. The maximum Gasteiger partial charge on any atom is 0.251 e. The van der Waals surface area contributed by atoms with Crippen LogP contribution in [-0.4, -0.2) is 69.3 Å². The zero-order valence-corrected chi connectivity index (χ0v) is 16.7. The van der Waals surface area contributed by atoms with E-state index in [2.05, 4.69) is 27.4 Å². The SMILES string of the molecule is CCNC(=NCCNC(=O)c1cccc(OC)c1)N1CCC(OCC)CC1. The fraction of sp³-hybridized carbons (Fsp3) is 0.600. The second-order valence-electron chi connectivity index (χ2n) is 6.37. The zero-order valence-electron chi connectivity index (χ0n) is 16.7. The highest BCUT2D eigenvalue weighted by Gasteiger charge is 2.21. The molecular formula is C20H32N4O3. The van der Waals surface area contributed by atoms with Gasteiger partial charge in [-0.1, -0.05) is 6.07 Å². The lowest BCUT2D eigenvalue weighted by Gasteiger charge is -2.34. The van der Waals surface area contributed by atoms with Crippen LogP contribution >= 0.6 is 0 Å². The molecular weight excluding hydrogens is 344 g/mol. The summed E-state index contributed by atoms with van der Waals surface area (Å²) in [5, 5.41) is 6.25. The van der Waals surface area contributed by atoms with Crippen LogP contribution in [0.5, 0.6) is 5.75 Å². The number of hydrogen-bond donors (Lipinski definition) is 2. The molecule has 2 N–H and O–H groups in total. The molecule has 7 heteroatoms. The van der Waals surface area contributed by atoms with Gasteiger partial charge in [0.05, 0.1) is 19.8 Å². The number of ether oxygens (including phenoxy) is 2. The van der Waals surface area contributed by atoms with Crippen molar-refractivity contribution in [3.05, 3.63) is 29.8 Å². The highest BCUT2D eigenvalue weighted by molar-refractivity contribution is 5.94. The summed E-state index contributed by atoms with van der Waals surface area (Å²) < 4.78 is 10.9. The fourth-order valence-corrected chi connectivity index (χ4v) is 3.09. The minimum Gasteiger partial charge on any atom is -0.497 e. The van der Waals surface area contributed by atoms with Crippen LogP contribution in [0.4, 0.5) is 0 Å². The van der Waals surface area contributed by atoms with Crippen molar-refractivity contribution in [3.63, 3.8) is 0 Å². The van der Waals surface area contributed by atoms with Crippen LogP contribution in [0.2, 0.25) is 0 Å². The van der Waals surface area contributed by atoms with Gasteiger partial charge >= 0.3 is 0 Å². The van der Waals surface area contributed by atoms with Crippen LogP contribution in [-0.2, 0) is 4.74 Å². The summed E-state index contributed by atoms with van der Waals surface area (Å²) in [6.07, 6.45) is 2.40. The van der Waals surface area contributed by atoms with Crippen molar-refractivity contribution >= 4 is 11.9 Å². The predicted molar refractivity (Wildman–Crippen MR) is 108 cm³/mol. The van der Waals surface area contributed by atoms with E-state index in [1.165, 1.54) is 0 Å². The van der Waals surface area contributed by atoms with Gasteiger partial charge in [-0.05, 0) is 44.9 Å². The average molecular weight is 377 g/mol. The standard InChI is InChI=1S/C20H32N4O3/c1-4-21-20(24-13-9-17(10-14-24)27-5-2)23-12-11-22-19(25)16-7-6-8-18(15-16)26-3/h6-8,15,17H,4-5,9-14H2,1-3H3,(H,21,23)(H,22,25). The first-order valence-electron chi connectivity index (χ1n) is 9.75. The zero-order chi connectivity index (χ0) is 19.5. The van der Waals surface area contributed by atoms with Crippen molar-refractivity contribution in [2.45, 2.75) is 32.8 Å². The van der Waals surface area contributed by atoms with Crippen LogP contribution in [0.1, 0.15) is 37.0 Å². The summed E-state index contributed by atoms with van der Waals surface area (Å²) in [5.74, 6) is 1.46. The van der Waals surface area contributed by atoms with Crippen molar-refractivity contribution < 1.29 is 14.3 Å². The summed E-state index contributed by atoms with van der Waals surface area (Å²) in [5.41, 5.74) is 0.586. The van der Waals surface area contributed by atoms with Crippen LogP contribution in [0.15, 0.2) is 29.3 Å². The van der Waals surface area contributed by atoms with Gasteiger partial charge in [0, 0.05) is 38.3 Å². The van der Waals surface area contributed by atoms with Gasteiger partial charge in [0.15, 0.2) is 5.96 Å². The van der Waals surface area contributed by atoms with E-state index in [0.29, 0.717) is 30.5 Å². The van der Waals surface area contributed by atoms with E-state index in [1.54, 1.807) is 25.3 Å². The maximum absolute atomic E-state index is 12.2. The largest absolute Gasteiger partial charge is 0.497 e. The normalized spacial score (nSPS) is 15.5. The molecule has 0 aromatic heterocycles. The van der Waals surface area contributed by atoms with E-state index >= 15 is 0 Å². The number of hydrogen-bond acceptors (Lipinski definition) is 4. The molecule has 1 amide bonds. The number of carbonyl (C=O) groups is 1. The number of nitrogens with one attached hydrogen (secondary N) is 2. The minimum atomic E-state index is -0.119. The third kappa shape index (κ3) is 6.75. The number of rotatable bonds is 8. The third-order valence-corrected chi connectivity index (χ3v) is 4.47. The van der Waals surface area contributed by atoms with E-state index in [4.69, 9.17) is 9.47 Å². The second kappa shape index (κ2) is 11.4. The number of amides is 1. The Morgan fingerprint density at radius 1 is 1.26 bits per heavy atom. The van der Waals surface area contributed by atoms with Crippen molar-refractivity contribution in [1.82, 2.24) is 15.5 Å².